The molecule has 3 heteroatoms. The van der Waals surface area contributed by atoms with Gasteiger partial charge in [-0.25, -0.2) is 0 Å². The van der Waals surface area contributed by atoms with Crippen LogP contribution >= 0.6 is 0 Å². The predicted molar refractivity (Wildman–Crippen MR) is 131 cm³/mol. The van der Waals surface area contributed by atoms with Crippen LogP contribution in [0.25, 0.3) is 0 Å². The zero-order valence-corrected chi connectivity index (χ0v) is 21.5. The molecule has 0 spiro atoms. The first-order chi connectivity index (χ1) is 15.0. The third-order valence-corrected chi connectivity index (χ3v) is 11.4. The maximum atomic E-state index is 11.8. The van der Waals surface area contributed by atoms with E-state index in [0.29, 0.717) is 41.4 Å². The van der Waals surface area contributed by atoms with Crippen LogP contribution in [0, 0.1) is 58.2 Å². The first-order valence-electron chi connectivity index (χ1n) is 13.8. The van der Waals surface area contributed by atoms with Crippen LogP contribution in [0.15, 0.2) is 12.2 Å². The van der Waals surface area contributed by atoms with E-state index < -0.39 is 0 Å². The van der Waals surface area contributed by atoms with Gasteiger partial charge in [0.05, 0.1) is 18.3 Å². The van der Waals surface area contributed by atoms with Crippen molar-refractivity contribution in [2.24, 2.45) is 58.2 Å². The molecule has 3 nitrogen and oxygen atoms in total. The summed E-state index contributed by atoms with van der Waals surface area (Å²) in [5, 5.41) is 32.5. The van der Waals surface area contributed by atoms with Gasteiger partial charge in [-0.1, -0.05) is 60.1 Å². The summed E-state index contributed by atoms with van der Waals surface area (Å²) < 4.78 is 0. The Bertz CT molecular complexity index is 688. The molecule has 4 rings (SSSR count). The Morgan fingerprint density at radius 1 is 0.875 bits per heavy atom. The van der Waals surface area contributed by atoms with E-state index >= 15 is 0 Å². The number of hydrogen-bond acceptors (Lipinski definition) is 3. The zero-order chi connectivity index (χ0) is 23.4. The molecule has 4 aliphatic rings. The van der Waals surface area contributed by atoms with Gasteiger partial charge in [0, 0.05) is 0 Å². The maximum Gasteiger partial charge on any atom is 0.0743 e. The summed E-state index contributed by atoms with van der Waals surface area (Å²) in [7, 11) is 0. The topological polar surface area (TPSA) is 60.7 Å². The number of allylic oxidation sites excluding steroid dienone is 1. The monoisotopic (exact) mass is 446 g/mol. The smallest absolute Gasteiger partial charge is 0.0743 e. The number of rotatable bonds is 5. The van der Waals surface area contributed by atoms with Crippen molar-refractivity contribution in [3.05, 3.63) is 12.2 Å². The summed E-state index contributed by atoms with van der Waals surface area (Å²) in [6.45, 7) is 13.8. The van der Waals surface area contributed by atoms with Gasteiger partial charge in [-0.2, -0.15) is 0 Å². The molecule has 0 aliphatic heterocycles. The summed E-state index contributed by atoms with van der Waals surface area (Å²) in [6.07, 6.45) is 12.5. The Labute approximate surface area is 197 Å². The largest absolute Gasteiger partial charge is 0.393 e. The van der Waals surface area contributed by atoms with Gasteiger partial charge < -0.3 is 15.3 Å². The van der Waals surface area contributed by atoms with Crippen LogP contribution in [0.3, 0.4) is 0 Å². The lowest BCUT2D eigenvalue weighted by Crippen LogP contribution is -2.62. The highest BCUT2D eigenvalue weighted by Gasteiger charge is 2.64. The fourth-order valence-corrected chi connectivity index (χ4v) is 9.51. The second kappa shape index (κ2) is 9.00. The molecule has 1 unspecified atom stereocenters. The minimum atomic E-state index is -0.359. The highest BCUT2D eigenvalue weighted by atomic mass is 16.3. The molecule has 3 N–H and O–H groups in total. The molecule has 184 valence electrons. The maximum absolute atomic E-state index is 11.8. The molecule has 0 radical (unpaired) electrons. The summed E-state index contributed by atoms with van der Waals surface area (Å²) in [4.78, 5) is 0. The number of aliphatic hydroxyl groups is 3. The molecule has 4 aliphatic carbocycles. The summed E-state index contributed by atoms with van der Waals surface area (Å²) in [5.74, 6) is 3.77. The Morgan fingerprint density at radius 2 is 1.53 bits per heavy atom. The van der Waals surface area contributed by atoms with E-state index in [1.165, 1.54) is 25.7 Å². The lowest BCUT2D eigenvalue weighted by molar-refractivity contribution is -0.202. The van der Waals surface area contributed by atoms with Crippen LogP contribution in [0.4, 0.5) is 0 Å². The first kappa shape index (κ1) is 24.7. The Hall–Kier alpha value is -0.380. The number of fused-ring (bicyclic) bond motifs is 5. The molecule has 0 bridgehead atoms. The van der Waals surface area contributed by atoms with E-state index in [0.717, 1.165) is 25.7 Å². The lowest BCUT2D eigenvalue weighted by Gasteiger charge is -2.64. The second-order valence-corrected chi connectivity index (χ2v) is 13.1. The fourth-order valence-electron chi connectivity index (χ4n) is 9.51. The van der Waals surface area contributed by atoms with Gasteiger partial charge >= 0.3 is 0 Å². The van der Waals surface area contributed by atoms with Gasteiger partial charge in [-0.15, -0.1) is 0 Å². The average Bonchev–Trinajstić information content (AvgIpc) is 3.10. The SMILES string of the molecule is CC[C@H]1[C@@H](O)[C@@H]2[C@H](CC[C@]3(C)[C@@H]([C@H](C)C=CC(O)C(C)C)CC[C@@H]23)[C@@]2(C)CC[C@@H](O)C[C@@H]12. The molecule has 0 heterocycles. The molecule has 12 atom stereocenters. The minimum Gasteiger partial charge on any atom is -0.393 e. The highest BCUT2D eigenvalue weighted by Crippen LogP contribution is 2.69. The van der Waals surface area contributed by atoms with Crippen molar-refractivity contribution in [2.75, 3.05) is 0 Å². The van der Waals surface area contributed by atoms with Crippen LogP contribution < -0.4 is 0 Å². The molecule has 0 amide bonds. The van der Waals surface area contributed by atoms with Crippen molar-refractivity contribution in [1.82, 2.24) is 0 Å². The van der Waals surface area contributed by atoms with Crippen LogP contribution in [-0.4, -0.2) is 33.6 Å². The standard InChI is InChI=1S/C29H50O3/c1-7-20-24-16-19(30)12-14-29(24,6)23-13-15-28(5)21(9-10-22(28)26(23)27(20)32)18(4)8-11-25(31)17(2)3/h8,11,17-27,30-32H,7,9-10,12-16H2,1-6H3/t18-,19-,20-,21-,22+,23+,24+,25?,26+,27-,28-,29-/m1/s1. The van der Waals surface area contributed by atoms with Gasteiger partial charge in [0.25, 0.3) is 0 Å². The average molecular weight is 447 g/mol. The van der Waals surface area contributed by atoms with Crippen LogP contribution in [0.5, 0.6) is 0 Å². The molecule has 0 aromatic rings. The van der Waals surface area contributed by atoms with Crippen molar-refractivity contribution >= 4 is 0 Å². The Balaban J connectivity index is 1.60. The quantitative estimate of drug-likeness (QED) is 0.466. The van der Waals surface area contributed by atoms with E-state index in [4.69, 9.17) is 0 Å². The zero-order valence-electron chi connectivity index (χ0n) is 21.5. The molecule has 32 heavy (non-hydrogen) atoms. The Kier molecular flexibility index (Phi) is 6.96. The van der Waals surface area contributed by atoms with Gasteiger partial charge in [0.1, 0.15) is 0 Å². The van der Waals surface area contributed by atoms with Crippen LogP contribution in [0.1, 0.15) is 92.9 Å². The molecular formula is C29H50O3. The molecule has 0 saturated heterocycles. The molecule has 4 fully saturated rings. The van der Waals surface area contributed by atoms with Gasteiger partial charge in [-0.05, 0) is 103 Å². The predicted octanol–water partition coefficient (Wildman–Crippen LogP) is 5.82. The van der Waals surface area contributed by atoms with Crippen molar-refractivity contribution < 1.29 is 15.3 Å². The Morgan fingerprint density at radius 3 is 2.19 bits per heavy atom. The van der Waals surface area contributed by atoms with E-state index in [-0.39, 0.29) is 35.1 Å². The third-order valence-electron chi connectivity index (χ3n) is 11.4. The summed E-state index contributed by atoms with van der Waals surface area (Å²) in [6, 6.07) is 0. The van der Waals surface area contributed by atoms with Crippen LogP contribution in [0.2, 0.25) is 0 Å². The van der Waals surface area contributed by atoms with E-state index in [1.54, 1.807) is 0 Å². The molecule has 0 aromatic carbocycles. The van der Waals surface area contributed by atoms with Crippen molar-refractivity contribution in [3.63, 3.8) is 0 Å². The highest BCUT2D eigenvalue weighted by molar-refractivity contribution is 5.14. The van der Waals surface area contributed by atoms with Crippen molar-refractivity contribution in [2.45, 2.75) is 111 Å². The number of hydrogen-bond donors (Lipinski definition) is 3. The molecular weight excluding hydrogens is 396 g/mol. The fraction of sp³-hybridized carbons (Fsp3) is 0.931. The normalized spacial score (nSPS) is 50.7. The summed E-state index contributed by atoms with van der Waals surface area (Å²) >= 11 is 0. The molecule has 4 saturated carbocycles. The van der Waals surface area contributed by atoms with Gasteiger partial charge in [0.2, 0.25) is 0 Å². The van der Waals surface area contributed by atoms with E-state index in [1.807, 2.05) is 6.08 Å². The van der Waals surface area contributed by atoms with Gasteiger partial charge in [0.15, 0.2) is 0 Å². The minimum absolute atomic E-state index is 0.176. The van der Waals surface area contributed by atoms with E-state index in [2.05, 4.69) is 47.6 Å². The third kappa shape index (κ3) is 3.83. The van der Waals surface area contributed by atoms with E-state index in [9.17, 15) is 15.3 Å². The summed E-state index contributed by atoms with van der Waals surface area (Å²) in [5.41, 5.74) is 0.556. The van der Waals surface area contributed by atoms with Crippen molar-refractivity contribution in [1.29, 1.82) is 0 Å². The van der Waals surface area contributed by atoms with Crippen molar-refractivity contribution in [3.8, 4) is 0 Å². The van der Waals surface area contributed by atoms with Gasteiger partial charge in [-0.3, -0.25) is 0 Å². The molecule has 0 aromatic heterocycles. The second-order valence-electron chi connectivity index (χ2n) is 13.1. The van der Waals surface area contributed by atoms with Crippen LogP contribution in [-0.2, 0) is 0 Å². The first-order valence-corrected chi connectivity index (χ1v) is 13.8. The lowest BCUT2D eigenvalue weighted by atomic mass is 9.41. The number of aliphatic hydroxyl groups excluding tert-OH is 3.